The Kier molecular flexibility index (Phi) is 5.84. The summed E-state index contributed by atoms with van der Waals surface area (Å²) in [7, 11) is 1.72. The molecule has 2 N–H and O–H groups in total. The van der Waals surface area contributed by atoms with Crippen LogP contribution in [0.1, 0.15) is 76.8 Å². The number of carboxylic acid groups (broad SMARTS) is 1. The van der Waals surface area contributed by atoms with Crippen LogP contribution in [0.25, 0.3) is 11.0 Å². The number of hydrogen-bond acceptors (Lipinski definition) is 4. The van der Waals surface area contributed by atoms with Gasteiger partial charge in [-0.15, -0.1) is 0 Å². The van der Waals surface area contributed by atoms with Gasteiger partial charge in [0.15, 0.2) is 0 Å². The molecule has 2 aliphatic rings. The van der Waals surface area contributed by atoms with Gasteiger partial charge in [-0.3, -0.25) is 24.0 Å². The molecule has 1 aliphatic heterocycles. The van der Waals surface area contributed by atoms with Gasteiger partial charge in [-0.25, -0.2) is 9.59 Å². The summed E-state index contributed by atoms with van der Waals surface area (Å²) in [4.78, 5) is 50.7. The lowest BCUT2D eigenvalue weighted by Gasteiger charge is -2.42. The first kappa shape index (κ1) is 23.1. The number of piperidine rings is 1. The summed E-state index contributed by atoms with van der Waals surface area (Å²) in [6, 6.07) is 5.04. The third kappa shape index (κ3) is 4.05. The molecule has 1 aliphatic carbocycles. The molecule has 33 heavy (non-hydrogen) atoms. The zero-order chi connectivity index (χ0) is 24.1. The van der Waals surface area contributed by atoms with E-state index >= 15 is 0 Å². The lowest BCUT2D eigenvalue weighted by molar-refractivity contribution is -0.135. The van der Waals surface area contributed by atoms with Crippen molar-refractivity contribution in [3.05, 3.63) is 34.2 Å². The Balaban J connectivity index is 1.66. The lowest BCUT2D eigenvalue weighted by atomic mass is 9.80. The van der Waals surface area contributed by atoms with E-state index in [9.17, 15) is 24.3 Å². The highest BCUT2D eigenvalue weighted by molar-refractivity contribution is 6.00. The summed E-state index contributed by atoms with van der Waals surface area (Å²) in [6.45, 7) is 5.75. The van der Waals surface area contributed by atoms with Crippen LogP contribution in [0.5, 0.6) is 0 Å². The van der Waals surface area contributed by atoms with E-state index in [4.69, 9.17) is 0 Å². The fraction of sp³-hybridized carbons (Fsp3) is 0.583. The number of carbonyl (C=O) groups is 3. The highest BCUT2D eigenvalue weighted by Gasteiger charge is 2.37. The van der Waals surface area contributed by atoms with E-state index in [-0.39, 0.29) is 30.0 Å². The number of para-hydroxylation sites is 1. The first-order chi connectivity index (χ1) is 15.5. The number of benzene rings is 1. The second kappa shape index (κ2) is 8.35. The molecule has 178 valence electrons. The molecule has 1 aromatic heterocycles. The molecule has 3 amide bonds. The average Bonchev–Trinajstić information content (AvgIpc) is 2.98. The van der Waals surface area contributed by atoms with Crippen molar-refractivity contribution >= 4 is 28.9 Å². The van der Waals surface area contributed by atoms with Gasteiger partial charge in [0.2, 0.25) is 11.8 Å². The van der Waals surface area contributed by atoms with Crippen LogP contribution >= 0.6 is 0 Å². The minimum absolute atomic E-state index is 0.0326. The van der Waals surface area contributed by atoms with Gasteiger partial charge in [0.25, 0.3) is 0 Å². The van der Waals surface area contributed by atoms with Crippen LogP contribution < -0.4 is 11.0 Å². The van der Waals surface area contributed by atoms with Gasteiger partial charge in [0.05, 0.1) is 11.0 Å². The van der Waals surface area contributed by atoms with Gasteiger partial charge in [-0.2, -0.15) is 0 Å². The van der Waals surface area contributed by atoms with Crippen LogP contribution in [-0.2, 0) is 16.6 Å². The smallest absolute Gasteiger partial charge is 0.407 e. The Morgan fingerprint density at radius 3 is 2.33 bits per heavy atom. The molecule has 1 aromatic carbocycles. The SMILES string of the molecule is Cn1c(=O)n(C2CCC(=O)NC2=O)c2cccc(C3CCC(N(C(=O)O)C(C)(C)C)CC3)c21. The van der Waals surface area contributed by atoms with Gasteiger partial charge in [-0.05, 0) is 70.4 Å². The van der Waals surface area contributed by atoms with Gasteiger partial charge >= 0.3 is 11.8 Å². The highest BCUT2D eigenvalue weighted by atomic mass is 16.4. The number of amides is 3. The molecular weight excluding hydrogens is 424 g/mol. The van der Waals surface area contributed by atoms with Crippen LogP contribution in [0.15, 0.2) is 23.0 Å². The lowest BCUT2D eigenvalue weighted by Crippen LogP contribution is -2.52. The molecular formula is C24H32N4O5. The number of aryl methyl sites for hydroxylation is 1. The minimum Gasteiger partial charge on any atom is -0.465 e. The topological polar surface area (TPSA) is 114 Å². The van der Waals surface area contributed by atoms with Crippen LogP contribution in [0.3, 0.4) is 0 Å². The molecule has 1 atom stereocenters. The first-order valence-electron chi connectivity index (χ1n) is 11.6. The van der Waals surface area contributed by atoms with Crippen LogP contribution in [0.2, 0.25) is 0 Å². The molecule has 9 nitrogen and oxygen atoms in total. The predicted molar refractivity (Wildman–Crippen MR) is 123 cm³/mol. The van der Waals surface area contributed by atoms with Crippen LogP contribution in [0.4, 0.5) is 4.79 Å². The Hall–Kier alpha value is -3.10. The number of imidazole rings is 1. The van der Waals surface area contributed by atoms with Gasteiger partial charge in [0, 0.05) is 25.0 Å². The van der Waals surface area contributed by atoms with E-state index in [0.29, 0.717) is 11.9 Å². The van der Waals surface area contributed by atoms with E-state index in [1.807, 2.05) is 39.0 Å². The fourth-order valence-corrected chi connectivity index (χ4v) is 5.66. The number of rotatable bonds is 3. The summed E-state index contributed by atoms with van der Waals surface area (Å²) >= 11 is 0. The fourth-order valence-electron chi connectivity index (χ4n) is 5.66. The maximum Gasteiger partial charge on any atom is 0.407 e. The standard InChI is InChI=1S/C24H32N4O5/c1-24(2,3)28(23(32)33)15-10-8-14(9-11-15)16-6-5-7-17-20(16)26(4)22(31)27(17)18-12-13-19(29)25-21(18)30/h5-7,14-15,18H,8-13H2,1-4H3,(H,32,33)(H,25,29,30). The second-order valence-electron chi connectivity index (χ2n) is 10.2. The molecule has 2 heterocycles. The van der Waals surface area contributed by atoms with E-state index in [1.54, 1.807) is 16.5 Å². The van der Waals surface area contributed by atoms with E-state index in [1.165, 1.54) is 4.57 Å². The number of nitrogens with zero attached hydrogens (tertiary/aromatic N) is 3. The van der Waals surface area contributed by atoms with Crippen molar-refractivity contribution in [3.8, 4) is 0 Å². The average molecular weight is 457 g/mol. The van der Waals surface area contributed by atoms with Gasteiger partial charge in [0.1, 0.15) is 6.04 Å². The van der Waals surface area contributed by atoms with Gasteiger partial charge < -0.3 is 10.0 Å². The van der Waals surface area contributed by atoms with Crippen molar-refractivity contribution in [2.75, 3.05) is 0 Å². The van der Waals surface area contributed by atoms with Crippen molar-refractivity contribution < 1.29 is 19.5 Å². The molecule has 2 aromatic rings. The number of nitrogens with one attached hydrogen (secondary N) is 1. The molecule has 0 spiro atoms. The number of aromatic nitrogens is 2. The molecule has 1 saturated heterocycles. The number of imide groups is 1. The Morgan fingerprint density at radius 2 is 1.76 bits per heavy atom. The Morgan fingerprint density at radius 1 is 1.09 bits per heavy atom. The van der Waals surface area contributed by atoms with Gasteiger partial charge in [-0.1, -0.05) is 12.1 Å². The largest absolute Gasteiger partial charge is 0.465 e. The van der Waals surface area contributed by atoms with Crippen LogP contribution in [-0.4, -0.2) is 48.6 Å². The molecule has 1 unspecified atom stereocenters. The van der Waals surface area contributed by atoms with Crippen molar-refractivity contribution in [2.24, 2.45) is 7.05 Å². The maximum absolute atomic E-state index is 13.2. The zero-order valence-corrected chi connectivity index (χ0v) is 19.6. The zero-order valence-electron chi connectivity index (χ0n) is 19.6. The third-order valence-electron chi connectivity index (χ3n) is 7.09. The normalized spacial score (nSPS) is 24.1. The van der Waals surface area contributed by atoms with Crippen molar-refractivity contribution in [2.45, 2.75) is 82.8 Å². The third-order valence-corrected chi connectivity index (χ3v) is 7.09. The Labute approximate surface area is 192 Å². The number of hydrogen-bond donors (Lipinski definition) is 2. The first-order valence-corrected chi connectivity index (χ1v) is 11.6. The summed E-state index contributed by atoms with van der Waals surface area (Å²) in [5.74, 6) is -0.556. The quantitative estimate of drug-likeness (QED) is 0.689. The molecule has 9 heteroatoms. The maximum atomic E-state index is 13.2. The second-order valence-corrected chi connectivity index (χ2v) is 10.2. The molecule has 2 fully saturated rings. The molecule has 0 radical (unpaired) electrons. The highest BCUT2D eigenvalue weighted by Crippen LogP contribution is 2.39. The summed E-state index contributed by atoms with van der Waals surface area (Å²) in [5.41, 5.74) is 1.81. The summed E-state index contributed by atoms with van der Waals surface area (Å²) in [5, 5.41) is 12.1. The molecule has 1 saturated carbocycles. The minimum atomic E-state index is -0.892. The van der Waals surface area contributed by atoms with Crippen molar-refractivity contribution in [1.82, 2.24) is 19.4 Å². The predicted octanol–water partition coefficient (Wildman–Crippen LogP) is 3.12. The number of carbonyl (C=O) groups excluding carboxylic acids is 2. The summed E-state index contributed by atoms with van der Waals surface area (Å²) < 4.78 is 3.11. The molecule has 0 bridgehead atoms. The van der Waals surface area contributed by atoms with E-state index in [2.05, 4.69) is 5.32 Å². The monoisotopic (exact) mass is 456 g/mol. The molecule has 4 rings (SSSR count). The van der Waals surface area contributed by atoms with Crippen molar-refractivity contribution in [1.29, 1.82) is 0 Å². The number of fused-ring (bicyclic) bond motifs is 1. The van der Waals surface area contributed by atoms with E-state index < -0.39 is 23.6 Å². The van der Waals surface area contributed by atoms with E-state index in [0.717, 1.165) is 36.8 Å². The summed E-state index contributed by atoms with van der Waals surface area (Å²) in [6.07, 6.45) is 2.77. The van der Waals surface area contributed by atoms with Crippen LogP contribution in [0, 0.1) is 0 Å². The Bertz CT molecular complexity index is 1160. The van der Waals surface area contributed by atoms with Crippen molar-refractivity contribution in [3.63, 3.8) is 0 Å².